The average molecular weight is 282 g/mol. The maximum atomic E-state index is 11.4. The monoisotopic (exact) mass is 282 g/mol. The molecule has 0 aliphatic carbocycles. The molecule has 5 nitrogen and oxygen atoms in total. The number of para-hydroxylation sites is 1. The minimum absolute atomic E-state index is 0.146. The summed E-state index contributed by atoms with van der Waals surface area (Å²) in [7, 11) is -1.41. The summed E-state index contributed by atoms with van der Waals surface area (Å²) in [6, 6.07) is 7.26. The Labute approximate surface area is 114 Å². The van der Waals surface area contributed by atoms with E-state index in [-0.39, 0.29) is 11.5 Å². The van der Waals surface area contributed by atoms with Crippen LogP contribution in [0.5, 0.6) is 5.75 Å². The zero-order chi connectivity index (χ0) is 14.3. The summed E-state index contributed by atoms with van der Waals surface area (Å²) in [4.78, 5) is 0. The molecule has 0 aromatic heterocycles. The van der Waals surface area contributed by atoms with Gasteiger partial charge in [0.15, 0.2) is 0 Å². The topological polar surface area (TPSA) is 79.2 Å². The van der Waals surface area contributed by atoms with Crippen LogP contribution in [-0.2, 0) is 9.84 Å². The van der Waals surface area contributed by atoms with Crippen LogP contribution < -0.4 is 10.1 Å². The standard InChI is InChI=1S/C13H18N2O3S/c1-3-19(16,17)9-5-8-15-13-11(10-14)6-4-7-12(13)18-2/h4,6-7,15H,3,5,8-9H2,1-2H3. The van der Waals surface area contributed by atoms with Crippen molar-refractivity contribution in [3.05, 3.63) is 23.8 Å². The fourth-order valence-corrected chi connectivity index (χ4v) is 2.50. The number of hydrogen-bond donors (Lipinski definition) is 1. The third kappa shape index (κ3) is 4.45. The number of methoxy groups -OCH3 is 1. The van der Waals surface area contributed by atoms with Crippen molar-refractivity contribution in [3.63, 3.8) is 0 Å². The molecule has 0 saturated carbocycles. The van der Waals surface area contributed by atoms with Gasteiger partial charge in [-0.1, -0.05) is 13.0 Å². The first-order valence-electron chi connectivity index (χ1n) is 6.05. The Morgan fingerprint density at radius 1 is 1.42 bits per heavy atom. The van der Waals surface area contributed by atoms with Crippen LogP contribution in [0.4, 0.5) is 5.69 Å². The highest BCUT2D eigenvalue weighted by Gasteiger charge is 2.10. The highest BCUT2D eigenvalue weighted by Crippen LogP contribution is 2.27. The molecule has 0 bridgehead atoms. The minimum Gasteiger partial charge on any atom is -0.495 e. The molecule has 1 aromatic carbocycles. The highest BCUT2D eigenvalue weighted by atomic mass is 32.2. The van der Waals surface area contributed by atoms with Gasteiger partial charge in [0.25, 0.3) is 0 Å². The first-order chi connectivity index (χ1) is 9.04. The van der Waals surface area contributed by atoms with Crippen LogP contribution in [0.1, 0.15) is 18.9 Å². The fraction of sp³-hybridized carbons (Fsp3) is 0.462. The molecule has 0 amide bonds. The van der Waals surface area contributed by atoms with Crippen molar-refractivity contribution in [2.45, 2.75) is 13.3 Å². The molecule has 0 atom stereocenters. The second kappa shape index (κ2) is 7.00. The predicted molar refractivity (Wildman–Crippen MR) is 75.1 cm³/mol. The molecule has 1 aromatic rings. The fourth-order valence-electron chi connectivity index (χ4n) is 1.63. The van der Waals surface area contributed by atoms with Gasteiger partial charge >= 0.3 is 0 Å². The summed E-state index contributed by atoms with van der Waals surface area (Å²) in [6.45, 7) is 2.12. The molecule has 6 heteroatoms. The SMILES string of the molecule is CCS(=O)(=O)CCCNc1c(C#N)cccc1OC. The first-order valence-corrected chi connectivity index (χ1v) is 7.87. The number of nitrogens with one attached hydrogen (secondary N) is 1. The van der Waals surface area contributed by atoms with Crippen LogP contribution in [0, 0.1) is 11.3 Å². The Hall–Kier alpha value is -1.74. The van der Waals surface area contributed by atoms with Crippen LogP contribution in [0.25, 0.3) is 0 Å². The molecule has 0 unspecified atom stereocenters. The molecule has 0 aliphatic heterocycles. The number of ether oxygens (including phenoxy) is 1. The van der Waals surface area contributed by atoms with E-state index < -0.39 is 9.84 Å². The summed E-state index contributed by atoms with van der Waals surface area (Å²) in [5.41, 5.74) is 1.10. The van der Waals surface area contributed by atoms with Crippen molar-refractivity contribution >= 4 is 15.5 Å². The molecular weight excluding hydrogens is 264 g/mol. The Morgan fingerprint density at radius 3 is 2.74 bits per heavy atom. The van der Waals surface area contributed by atoms with Gasteiger partial charge in [0.1, 0.15) is 21.7 Å². The number of nitrogens with zero attached hydrogens (tertiary/aromatic N) is 1. The third-order valence-electron chi connectivity index (χ3n) is 2.74. The molecule has 0 fully saturated rings. The van der Waals surface area contributed by atoms with Crippen molar-refractivity contribution < 1.29 is 13.2 Å². The quantitative estimate of drug-likeness (QED) is 0.771. The van der Waals surface area contributed by atoms with Gasteiger partial charge in [-0.25, -0.2) is 8.42 Å². The van der Waals surface area contributed by atoms with Crippen LogP contribution in [0.2, 0.25) is 0 Å². The van der Waals surface area contributed by atoms with E-state index in [4.69, 9.17) is 10.00 Å². The molecular formula is C13H18N2O3S. The van der Waals surface area contributed by atoms with Gasteiger partial charge in [0.05, 0.1) is 24.1 Å². The van der Waals surface area contributed by atoms with E-state index in [1.165, 1.54) is 7.11 Å². The summed E-state index contributed by atoms with van der Waals surface area (Å²) in [6.07, 6.45) is 0.499. The summed E-state index contributed by atoms with van der Waals surface area (Å²) >= 11 is 0. The van der Waals surface area contributed by atoms with Gasteiger partial charge in [-0.3, -0.25) is 0 Å². The van der Waals surface area contributed by atoms with E-state index in [1.54, 1.807) is 25.1 Å². The van der Waals surface area contributed by atoms with Crippen molar-refractivity contribution in [1.29, 1.82) is 5.26 Å². The Morgan fingerprint density at radius 2 is 2.16 bits per heavy atom. The summed E-state index contributed by atoms with van der Waals surface area (Å²) in [5, 5.41) is 12.1. The third-order valence-corrected chi connectivity index (χ3v) is 4.53. The number of sulfone groups is 1. The molecule has 19 heavy (non-hydrogen) atoms. The number of nitriles is 1. The summed E-state index contributed by atoms with van der Waals surface area (Å²) < 4.78 is 27.9. The zero-order valence-corrected chi connectivity index (χ0v) is 12.0. The normalized spacial score (nSPS) is 10.8. The molecule has 0 spiro atoms. The molecule has 104 valence electrons. The predicted octanol–water partition coefficient (Wildman–Crippen LogP) is 1.80. The molecule has 0 saturated heterocycles. The van der Waals surface area contributed by atoms with Gasteiger partial charge in [-0.2, -0.15) is 5.26 Å². The maximum absolute atomic E-state index is 11.4. The molecule has 1 N–H and O–H groups in total. The van der Waals surface area contributed by atoms with Gasteiger partial charge < -0.3 is 10.1 Å². The van der Waals surface area contributed by atoms with Crippen LogP contribution in [0.3, 0.4) is 0 Å². The van der Waals surface area contributed by atoms with E-state index in [0.717, 1.165) is 0 Å². The zero-order valence-electron chi connectivity index (χ0n) is 11.1. The van der Waals surface area contributed by atoms with Crippen LogP contribution >= 0.6 is 0 Å². The van der Waals surface area contributed by atoms with E-state index >= 15 is 0 Å². The Bertz CT molecular complexity index is 562. The second-order valence-electron chi connectivity index (χ2n) is 4.01. The van der Waals surface area contributed by atoms with Crippen LogP contribution in [-0.4, -0.2) is 33.6 Å². The van der Waals surface area contributed by atoms with Crippen molar-refractivity contribution in [2.24, 2.45) is 0 Å². The number of hydrogen-bond acceptors (Lipinski definition) is 5. The minimum atomic E-state index is -2.94. The molecule has 0 radical (unpaired) electrons. The first kappa shape index (κ1) is 15.3. The lowest BCUT2D eigenvalue weighted by Crippen LogP contribution is -2.13. The highest BCUT2D eigenvalue weighted by molar-refractivity contribution is 7.91. The number of rotatable bonds is 7. The van der Waals surface area contributed by atoms with Gasteiger partial charge in [0.2, 0.25) is 0 Å². The van der Waals surface area contributed by atoms with Crippen LogP contribution in [0.15, 0.2) is 18.2 Å². The van der Waals surface area contributed by atoms with E-state index in [1.807, 2.05) is 0 Å². The van der Waals surface area contributed by atoms with Gasteiger partial charge in [0, 0.05) is 12.3 Å². The van der Waals surface area contributed by atoms with Gasteiger partial charge in [-0.05, 0) is 18.6 Å². The largest absolute Gasteiger partial charge is 0.495 e. The number of benzene rings is 1. The lowest BCUT2D eigenvalue weighted by Gasteiger charge is -2.12. The lowest BCUT2D eigenvalue weighted by atomic mass is 10.1. The Balaban J connectivity index is 2.66. The lowest BCUT2D eigenvalue weighted by molar-refractivity contribution is 0.416. The van der Waals surface area contributed by atoms with E-state index in [0.29, 0.717) is 30.0 Å². The second-order valence-corrected chi connectivity index (χ2v) is 6.48. The van der Waals surface area contributed by atoms with E-state index in [2.05, 4.69) is 11.4 Å². The van der Waals surface area contributed by atoms with Gasteiger partial charge in [-0.15, -0.1) is 0 Å². The average Bonchev–Trinajstić information content (AvgIpc) is 2.43. The molecule has 1 rings (SSSR count). The summed E-state index contributed by atoms with van der Waals surface area (Å²) in [5.74, 6) is 0.885. The van der Waals surface area contributed by atoms with Crippen molar-refractivity contribution in [3.8, 4) is 11.8 Å². The maximum Gasteiger partial charge on any atom is 0.150 e. The molecule has 0 heterocycles. The smallest absolute Gasteiger partial charge is 0.150 e. The molecule has 0 aliphatic rings. The van der Waals surface area contributed by atoms with Crippen molar-refractivity contribution in [1.82, 2.24) is 0 Å². The van der Waals surface area contributed by atoms with E-state index in [9.17, 15) is 8.42 Å². The Kier molecular flexibility index (Phi) is 5.64. The van der Waals surface area contributed by atoms with Crippen molar-refractivity contribution in [2.75, 3.05) is 30.5 Å². The number of anilines is 1.